The number of para-hydroxylation sites is 1. The van der Waals surface area contributed by atoms with Crippen LogP contribution in [-0.4, -0.2) is 28.5 Å². The number of nitrogens with one attached hydrogen (secondary N) is 1. The molecule has 178 valence electrons. The summed E-state index contributed by atoms with van der Waals surface area (Å²) in [4.78, 5) is 38.8. The molecule has 3 aromatic carbocycles. The van der Waals surface area contributed by atoms with Crippen LogP contribution in [0, 0.1) is 12.7 Å². The predicted molar refractivity (Wildman–Crippen MR) is 135 cm³/mol. The van der Waals surface area contributed by atoms with E-state index in [1.807, 2.05) is 6.92 Å². The minimum absolute atomic E-state index is 0.180. The summed E-state index contributed by atoms with van der Waals surface area (Å²) in [5, 5.41) is 2.60. The lowest BCUT2D eigenvalue weighted by Crippen LogP contribution is -2.36. The normalized spacial score (nSPS) is 14.5. The second kappa shape index (κ2) is 10.8. The lowest BCUT2D eigenvalue weighted by molar-refractivity contribution is -0.127. The summed E-state index contributed by atoms with van der Waals surface area (Å²) in [5.41, 5.74) is 2.71. The molecule has 0 spiro atoms. The van der Waals surface area contributed by atoms with E-state index in [2.05, 4.69) is 5.32 Å². The Labute approximate surface area is 210 Å². The number of nitrogens with zero attached hydrogens (tertiary/aromatic N) is 1. The Kier molecular flexibility index (Phi) is 7.53. The highest BCUT2D eigenvalue weighted by Gasteiger charge is 2.36. The van der Waals surface area contributed by atoms with Gasteiger partial charge in [0.1, 0.15) is 24.7 Å². The zero-order valence-electron chi connectivity index (χ0n) is 18.6. The van der Waals surface area contributed by atoms with Crippen LogP contribution < -0.4 is 10.1 Å². The third-order valence-corrected chi connectivity index (χ3v) is 6.46. The number of amides is 3. The van der Waals surface area contributed by atoms with Crippen LogP contribution in [0.3, 0.4) is 0 Å². The van der Waals surface area contributed by atoms with Crippen molar-refractivity contribution in [3.05, 3.63) is 99.2 Å². The van der Waals surface area contributed by atoms with Crippen LogP contribution in [0.5, 0.6) is 5.75 Å². The molecule has 1 heterocycles. The lowest BCUT2D eigenvalue weighted by atomic mass is 10.1. The Morgan fingerprint density at radius 1 is 1.11 bits per heavy atom. The fraction of sp³-hybridized carbons (Fsp3) is 0.115. The molecule has 9 heteroatoms. The molecule has 35 heavy (non-hydrogen) atoms. The summed E-state index contributed by atoms with van der Waals surface area (Å²) in [6.07, 6.45) is 1.56. The Hall–Kier alpha value is -3.62. The topological polar surface area (TPSA) is 75.7 Å². The van der Waals surface area contributed by atoms with Gasteiger partial charge in [0.25, 0.3) is 11.1 Å². The van der Waals surface area contributed by atoms with Crippen molar-refractivity contribution in [1.29, 1.82) is 0 Å². The molecule has 0 aliphatic carbocycles. The molecule has 3 aromatic rings. The van der Waals surface area contributed by atoms with Crippen molar-refractivity contribution < 1.29 is 23.5 Å². The molecule has 3 amide bonds. The van der Waals surface area contributed by atoms with E-state index in [1.54, 1.807) is 60.7 Å². The van der Waals surface area contributed by atoms with E-state index in [0.717, 1.165) is 27.8 Å². The van der Waals surface area contributed by atoms with Gasteiger partial charge in [-0.2, -0.15) is 0 Å². The van der Waals surface area contributed by atoms with Gasteiger partial charge in [-0.05, 0) is 66.2 Å². The van der Waals surface area contributed by atoms with Crippen LogP contribution in [0.4, 0.5) is 14.9 Å². The summed E-state index contributed by atoms with van der Waals surface area (Å²) in [6, 6.07) is 18.1. The van der Waals surface area contributed by atoms with Gasteiger partial charge in [-0.3, -0.25) is 19.3 Å². The van der Waals surface area contributed by atoms with Crippen LogP contribution in [0.2, 0.25) is 5.02 Å². The fourth-order valence-electron chi connectivity index (χ4n) is 3.27. The summed E-state index contributed by atoms with van der Waals surface area (Å²) in [7, 11) is 0. The van der Waals surface area contributed by atoms with Crippen molar-refractivity contribution in [2.75, 3.05) is 11.9 Å². The van der Waals surface area contributed by atoms with Gasteiger partial charge in [0.15, 0.2) is 0 Å². The Morgan fingerprint density at radius 3 is 2.60 bits per heavy atom. The molecule has 0 atom stereocenters. The third kappa shape index (κ3) is 6.09. The largest absolute Gasteiger partial charge is 0.488 e. The van der Waals surface area contributed by atoms with Gasteiger partial charge in [0.2, 0.25) is 5.91 Å². The lowest BCUT2D eigenvalue weighted by Gasteiger charge is -2.13. The zero-order valence-corrected chi connectivity index (χ0v) is 20.2. The van der Waals surface area contributed by atoms with Gasteiger partial charge in [-0.15, -0.1) is 0 Å². The minimum Gasteiger partial charge on any atom is -0.488 e. The molecule has 0 radical (unpaired) electrons. The van der Waals surface area contributed by atoms with Crippen molar-refractivity contribution >= 4 is 52.2 Å². The highest BCUT2D eigenvalue weighted by Crippen LogP contribution is 2.34. The monoisotopic (exact) mass is 510 g/mol. The SMILES string of the molecule is Cc1ccc(NC(=O)CN2C(=O)S/C(=C\c3ccccc3OCc3ccc(F)cc3)C2=O)cc1Cl. The maximum atomic E-state index is 13.1. The number of halogens is 2. The molecule has 6 nitrogen and oxygen atoms in total. The zero-order chi connectivity index (χ0) is 24.9. The molecular formula is C26H20ClFN2O4S. The highest BCUT2D eigenvalue weighted by molar-refractivity contribution is 8.18. The second-order valence-electron chi connectivity index (χ2n) is 7.73. The van der Waals surface area contributed by atoms with Crippen LogP contribution in [0.1, 0.15) is 16.7 Å². The summed E-state index contributed by atoms with van der Waals surface area (Å²) < 4.78 is 19.0. The first kappa shape index (κ1) is 24.5. The van der Waals surface area contributed by atoms with E-state index in [-0.39, 0.29) is 17.3 Å². The minimum atomic E-state index is -0.564. The molecule has 1 aliphatic heterocycles. The third-order valence-electron chi connectivity index (χ3n) is 5.14. The molecule has 0 bridgehead atoms. The summed E-state index contributed by atoms with van der Waals surface area (Å²) in [5.74, 6) is -0.916. The molecule has 0 unspecified atom stereocenters. The van der Waals surface area contributed by atoms with Crippen LogP contribution in [0.15, 0.2) is 71.6 Å². The van der Waals surface area contributed by atoms with E-state index < -0.39 is 23.6 Å². The number of hydrogen-bond donors (Lipinski definition) is 1. The smallest absolute Gasteiger partial charge is 0.294 e. The Balaban J connectivity index is 1.44. The van der Waals surface area contributed by atoms with Crippen molar-refractivity contribution in [2.45, 2.75) is 13.5 Å². The maximum absolute atomic E-state index is 13.1. The Bertz CT molecular complexity index is 1330. The first-order valence-corrected chi connectivity index (χ1v) is 11.8. The standard InChI is InChI=1S/C26H20ClFN2O4S/c1-16-6-11-20(13-21(16)27)29-24(31)14-30-25(32)23(35-26(30)33)12-18-4-2-3-5-22(18)34-15-17-7-9-19(28)10-8-17/h2-13H,14-15H2,1H3,(H,29,31)/b23-12-. The van der Waals surface area contributed by atoms with E-state index in [0.29, 0.717) is 22.0 Å². The molecular weight excluding hydrogens is 491 g/mol. The molecule has 1 fully saturated rings. The number of anilines is 1. The average molecular weight is 511 g/mol. The van der Waals surface area contributed by atoms with Crippen LogP contribution in [0.25, 0.3) is 6.08 Å². The molecule has 1 aliphatic rings. The quantitative estimate of drug-likeness (QED) is 0.392. The van der Waals surface area contributed by atoms with Gasteiger partial charge in [-0.1, -0.05) is 48.0 Å². The Morgan fingerprint density at radius 2 is 1.86 bits per heavy atom. The highest BCUT2D eigenvalue weighted by atomic mass is 35.5. The van der Waals surface area contributed by atoms with Gasteiger partial charge in [-0.25, -0.2) is 4.39 Å². The van der Waals surface area contributed by atoms with Crippen molar-refractivity contribution in [2.24, 2.45) is 0 Å². The van der Waals surface area contributed by atoms with Crippen molar-refractivity contribution in [3.63, 3.8) is 0 Å². The average Bonchev–Trinajstić information content (AvgIpc) is 3.09. The molecule has 1 saturated heterocycles. The fourth-order valence-corrected chi connectivity index (χ4v) is 4.27. The van der Waals surface area contributed by atoms with Crippen molar-refractivity contribution in [1.82, 2.24) is 4.90 Å². The number of benzene rings is 3. The maximum Gasteiger partial charge on any atom is 0.294 e. The predicted octanol–water partition coefficient (Wildman–Crippen LogP) is 6.04. The molecule has 0 saturated carbocycles. The molecule has 1 N–H and O–H groups in total. The first-order valence-electron chi connectivity index (χ1n) is 10.6. The van der Waals surface area contributed by atoms with E-state index >= 15 is 0 Å². The number of carbonyl (C=O) groups is 3. The van der Waals surface area contributed by atoms with Gasteiger partial charge in [0, 0.05) is 16.3 Å². The van der Waals surface area contributed by atoms with Gasteiger partial charge in [0.05, 0.1) is 4.91 Å². The van der Waals surface area contributed by atoms with Gasteiger partial charge >= 0.3 is 0 Å². The second-order valence-corrected chi connectivity index (χ2v) is 9.13. The number of imide groups is 1. The van der Waals surface area contributed by atoms with Gasteiger partial charge < -0.3 is 10.1 Å². The van der Waals surface area contributed by atoms with Crippen LogP contribution in [-0.2, 0) is 16.2 Å². The number of hydrogen-bond acceptors (Lipinski definition) is 5. The summed E-state index contributed by atoms with van der Waals surface area (Å²) >= 11 is 6.83. The number of carbonyl (C=O) groups excluding carboxylic acids is 3. The molecule has 4 rings (SSSR count). The van der Waals surface area contributed by atoms with E-state index in [9.17, 15) is 18.8 Å². The number of rotatable bonds is 7. The summed E-state index contributed by atoms with van der Waals surface area (Å²) in [6.45, 7) is 1.62. The number of aryl methyl sites for hydroxylation is 1. The van der Waals surface area contributed by atoms with Crippen LogP contribution >= 0.6 is 23.4 Å². The molecule has 0 aromatic heterocycles. The number of ether oxygens (including phenoxy) is 1. The van der Waals surface area contributed by atoms with E-state index in [1.165, 1.54) is 12.1 Å². The van der Waals surface area contributed by atoms with Crippen molar-refractivity contribution in [3.8, 4) is 5.75 Å². The van der Waals surface area contributed by atoms with E-state index in [4.69, 9.17) is 16.3 Å². The number of thioether (sulfide) groups is 1. The first-order chi connectivity index (χ1) is 16.8.